The van der Waals surface area contributed by atoms with Crippen molar-refractivity contribution in [3.05, 3.63) is 0 Å². The van der Waals surface area contributed by atoms with Crippen LogP contribution in [0.4, 0.5) is 13.2 Å². The summed E-state index contributed by atoms with van der Waals surface area (Å²) in [7, 11) is 0. The van der Waals surface area contributed by atoms with Crippen LogP contribution in [-0.2, 0) is 0 Å². The summed E-state index contributed by atoms with van der Waals surface area (Å²) in [6.45, 7) is 4.21. The van der Waals surface area contributed by atoms with Crippen LogP contribution >= 0.6 is 0 Å². The molecule has 9 atom stereocenters. The van der Waals surface area contributed by atoms with Gasteiger partial charge in [0, 0.05) is 0 Å². The van der Waals surface area contributed by atoms with Crippen LogP contribution in [0.15, 0.2) is 0 Å². The number of fused-ring (bicyclic) bond motifs is 5. The predicted octanol–water partition coefficient (Wildman–Crippen LogP) is 6.21. The first-order valence-electron chi connectivity index (χ1n) is 11.4. The second-order valence-corrected chi connectivity index (χ2v) is 10.5. The van der Waals surface area contributed by atoms with Crippen molar-refractivity contribution in [2.45, 2.75) is 90.3 Å². The number of hydrogen-bond acceptors (Lipinski definition) is 1. The Labute approximate surface area is 167 Å². The lowest BCUT2D eigenvalue weighted by Gasteiger charge is -2.56. The molecule has 0 aliphatic heterocycles. The minimum atomic E-state index is -4.01. The summed E-state index contributed by atoms with van der Waals surface area (Å²) in [4.78, 5) is 0. The Hall–Kier alpha value is -0.690. The molecule has 4 rings (SSSR count). The lowest BCUT2D eigenvalue weighted by molar-refractivity contribution is -0.196. The Morgan fingerprint density at radius 3 is 2.46 bits per heavy atom. The first-order chi connectivity index (χ1) is 13.2. The summed E-state index contributed by atoms with van der Waals surface area (Å²) in [6.07, 6.45) is 4.67. The molecule has 0 heterocycles. The Balaban J connectivity index is 1.45. The monoisotopic (exact) mass is 396 g/mol. The van der Waals surface area contributed by atoms with E-state index in [0.717, 1.165) is 25.7 Å². The quantitative estimate of drug-likeness (QED) is 0.550. The molecular formula is C24H35F3O. The standard InChI is InChI=1S/C24H35F3O/c1-3-4-18(28)14-16-7-10-22-21-8-5-15-13-17(24(25,26)27)6-9-19(15)20(21)11-12-23(16,22)2/h15-22,28H,5-14H2,1-2H3/t15?,16?,17?,18?,19?,20?,21-,22?,23-/m1/s1. The Kier molecular flexibility index (Phi) is 5.53. The summed E-state index contributed by atoms with van der Waals surface area (Å²) in [5, 5.41) is 10.2. The van der Waals surface area contributed by atoms with Crippen LogP contribution < -0.4 is 0 Å². The first-order valence-corrected chi connectivity index (χ1v) is 11.4. The predicted molar refractivity (Wildman–Crippen MR) is 104 cm³/mol. The summed E-state index contributed by atoms with van der Waals surface area (Å²) in [5.41, 5.74) is 0.285. The highest BCUT2D eigenvalue weighted by molar-refractivity contribution is 5.09. The van der Waals surface area contributed by atoms with Crippen LogP contribution in [0.3, 0.4) is 0 Å². The second-order valence-electron chi connectivity index (χ2n) is 10.5. The topological polar surface area (TPSA) is 20.2 Å². The minimum Gasteiger partial charge on any atom is -0.380 e. The number of halogens is 3. The smallest absolute Gasteiger partial charge is 0.380 e. The molecule has 1 N–H and O–H groups in total. The fourth-order valence-corrected chi connectivity index (χ4v) is 8.14. The van der Waals surface area contributed by atoms with Crippen molar-refractivity contribution in [3.63, 3.8) is 0 Å². The molecule has 0 aromatic heterocycles. The molecule has 4 saturated carbocycles. The van der Waals surface area contributed by atoms with Gasteiger partial charge in [0.05, 0.1) is 5.92 Å². The molecule has 4 fully saturated rings. The highest BCUT2D eigenvalue weighted by Crippen LogP contribution is 2.65. The van der Waals surface area contributed by atoms with Gasteiger partial charge in [-0.1, -0.05) is 12.8 Å². The van der Waals surface area contributed by atoms with Gasteiger partial charge in [-0.05, 0) is 112 Å². The average Bonchev–Trinajstić information content (AvgIpc) is 2.97. The van der Waals surface area contributed by atoms with E-state index in [1.54, 1.807) is 6.92 Å². The largest absolute Gasteiger partial charge is 0.391 e. The molecule has 0 aromatic rings. The van der Waals surface area contributed by atoms with Gasteiger partial charge < -0.3 is 5.11 Å². The average molecular weight is 397 g/mol. The van der Waals surface area contributed by atoms with Gasteiger partial charge in [-0.25, -0.2) is 0 Å². The molecule has 4 heteroatoms. The Bertz CT molecular complexity index is 632. The zero-order chi connectivity index (χ0) is 20.1. The Morgan fingerprint density at radius 1 is 1.00 bits per heavy atom. The zero-order valence-corrected chi connectivity index (χ0v) is 17.3. The van der Waals surface area contributed by atoms with Crippen molar-refractivity contribution in [3.8, 4) is 11.8 Å². The van der Waals surface area contributed by atoms with Crippen LogP contribution in [0.2, 0.25) is 0 Å². The highest BCUT2D eigenvalue weighted by atomic mass is 19.4. The third kappa shape index (κ3) is 3.51. The van der Waals surface area contributed by atoms with Gasteiger partial charge in [0.25, 0.3) is 0 Å². The molecule has 0 bridgehead atoms. The highest BCUT2D eigenvalue weighted by Gasteiger charge is 2.57. The van der Waals surface area contributed by atoms with Crippen molar-refractivity contribution < 1.29 is 18.3 Å². The van der Waals surface area contributed by atoms with E-state index in [2.05, 4.69) is 18.8 Å². The molecule has 158 valence electrons. The maximum atomic E-state index is 13.2. The summed E-state index contributed by atoms with van der Waals surface area (Å²) in [5.74, 6) is 8.08. The van der Waals surface area contributed by atoms with E-state index >= 15 is 0 Å². The second kappa shape index (κ2) is 7.53. The molecule has 7 unspecified atom stereocenters. The van der Waals surface area contributed by atoms with Crippen LogP contribution in [0.25, 0.3) is 0 Å². The fourth-order valence-electron chi connectivity index (χ4n) is 8.14. The SMILES string of the molecule is CC#CC(O)CC1CCC2[C@@H]3CCC4CC(C(F)(F)F)CCC4C3CC[C@]12C. The number of aliphatic hydroxyl groups excluding tert-OH is 1. The normalized spacial score (nSPS) is 46.6. The summed E-state index contributed by atoms with van der Waals surface area (Å²) in [6, 6.07) is 0. The Morgan fingerprint density at radius 2 is 1.75 bits per heavy atom. The van der Waals surface area contributed by atoms with Gasteiger partial charge in [-0.15, -0.1) is 5.92 Å². The van der Waals surface area contributed by atoms with Crippen molar-refractivity contribution in [1.82, 2.24) is 0 Å². The van der Waals surface area contributed by atoms with E-state index < -0.39 is 18.2 Å². The van der Waals surface area contributed by atoms with E-state index in [1.165, 1.54) is 25.7 Å². The van der Waals surface area contributed by atoms with Crippen molar-refractivity contribution in [2.75, 3.05) is 0 Å². The van der Waals surface area contributed by atoms with E-state index in [0.29, 0.717) is 48.3 Å². The third-order valence-electron chi connectivity index (χ3n) is 9.43. The van der Waals surface area contributed by atoms with Crippen LogP contribution in [0, 0.1) is 58.7 Å². The number of alkyl halides is 3. The molecule has 28 heavy (non-hydrogen) atoms. The van der Waals surface area contributed by atoms with E-state index in [9.17, 15) is 18.3 Å². The third-order valence-corrected chi connectivity index (χ3v) is 9.43. The van der Waals surface area contributed by atoms with E-state index in [4.69, 9.17) is 0 Å². The zero-order valence-electron chi connectivity index (χ0n) is 17.3. The minimum absolute atomic E-state index is 0.285. The van der Waals surface area contributed by atoms with Crippen molar-refractivity contribution in [1.29, 1.82) is 0 Å². The van der Waals surface area contributed by atoms with E-state index in [-0.39, 0.29) is 5.41 Å². The molecule has 0 aromatic carbocycles. The maximum absolute atomic E-state index is 13.2. The van der Waals surface area contributed by atoms with Gasteiger partial charge in [0.15, 0.2) is 0 Å². The summed E-state index contributed by atoms with van der Waals surface area (Å²) >= 11 is 0. The van der Waals surface area contributed by atoms with Crippen molar-refractivity contribution in [2.24, 2.45) is 46.8 Å². The number of aliphatic hydroxyl groups is 1. The van der Waals surface area contributed by atoms with Crippen LogP contribution in [0.5, 0.6) is 0 Å². The molecule has 1 nitrogen and oxygen atoms in total. The van der Waals surface area contributed by atoms with Gasteiger partial charge in [-0.2, -0.15) is 13.2 Å². The summed E-state index contributed by atoms with van der Waals surface area (Å²) < 4.78 is 39.7. The molecule has 0 saturated heterocycles. The van der Waals surface area contributed by atoms with Gasteiger partial charge >= 0.3 is 6.18 Å². The first kappa shape index (κ1) is 20.6. The molecule has 4 aliphatic rings. The fraction of sp³-hybridized carbons (Fsp3) is 0.917. The lowest BCUT2D eigenvalue weighted by atomic mass is 9.49. The van der Waals surface area contributed by atoms with Crippen LogP contribution in [-0.4, -0.2) is 17.4 Å². The van der Waals surface area contributed by atoms with Gasteiger partial charge in [0.1, 0.15) is 6.10 Å². The number of rotatable bonds is 2. The van der Waals surface area contributed by atoms with E-state index in [1.807, 2.05) is 0 Å². The number of hydrogen-bond donors (Lipinski definition) is 1. The molecule has 0 spiro atoms. The van der Waals surface area contributed by atoms with Crippen LogP contribution in [0.1, 0.15) is 78.1 Å². The van der Waals surface area contributed by atoms with Gasteiger partial charge in [-0.3, -0.25) is 0 Å². The molecule has 0 amide bonds. The molecule has 0 radical (unpaired) electrons. The maximum Gasteiger partial charge on any atom is 0.391 e. The molecule has 4 aliphatic carbocycles. The molecular weight excluding hydrogens is 361 g/mol. The van der Waals surface area contributed by atoms with Crippen molar-refractivity contribution >= 4 is 0 Å². The lowest BCUT2D eigenvalue weighted by Crippen LogP contribution is -2.49. The van der Waals surface area contributed by atoms with Gasteiger partial charge in [0.2, 0.25) is 0 Å².